The number of carbonyl (C=O) groups excluding carboxylic acids is 2. The van der Waals surface area contributed by atoms with E-state index >= 15 is 0 Å². The minimum absolute atomic E-state index is 0.152. The van der Waals surface area contributed by atoms with E-state index in [1.165, 1.54) is 21.6 Å². The van der Waals surface area contributed by atoms with Gasteiger partial charge in [0.2, 0.25) is 0 Å². The van der Waals surface area contributed by atoms with Crippen LogP contribution in [0.4, 0.5) is 0 Å². The summed E-state index contributed by atoms with van der Waals surface area (Å²) in [6.45, 7) is 4.84. The molecule has 5 heteroatoms. The zero-order valence-corrected chi connectivity index (χ0v) is 13.3. The molecule has 1 aromatic rings. The number of rotatable bonds is 5. The Kier molecular flexibility index (Phi) is 4.85. The predicted octanol–water partition coefficient (Wildman–Crippen LogP) is 1.64. The first kappa shape index (κ1) is 16.1. The van der Waals surface area contributed by atoms with Gasteiger partial charge in [0, 0.05) is 13.6 Å². The van der Waals surface area contributed by atoms with Crippen molar-refractivity contribution in [2.75, 3.05) is 20.1 Å². The van der Waals surface area contributed by atoms with Crippen molar-refractivity contribution in [1.82, 2.24) is 10.2 Å². The Bertz CT molecular complexity index is 635. The third kappa shape index (κ3) is 3.47. The van der Waals surface area contributed by atoms with E-state index in [0.717, 1.165) is 12.8 Å². The molecule has 0 spiro atoms. The van der Waals surface area contributed by atoms with E-state index in [0.29, 0.717) is 6.54 Å². The average molecular weight is 302 g/mol. The van der Waals surface area contributed by atoms with Crippen molar-refractivity contribution >= 4 is 11.8 Å². The Morgan fingerprint density at radius 1 is 1.32 bits per heavy atom. The number of nitrogens with zero attached hydrogens (tertiary/aromatic N) is 1. The molecule has 1 aliphatic heterocycles. The van der Waals surface area contributed by atoms with Crippen LogP contribution in [-0.4, -0.2) is 42.0 Å². The lowest BCUT2D eigenvalue weighted by Gasteiger charge is -2.09. The molecular weight excluding hydrogens is 280 g/mol. The van der Waals surface area contributed by atoms with E-state index in [4.69, 9.17) is 0 Å². The average Bonchev–Trinajstić information content (AvgIpc) is 2.74. The normalized spacial score (nSPS) is 14.7. The smallest absolute Gasteiger partial charge is 0.289 e. The van der Waals surface area contributed by atoms with Crippen LogP contribution in [0, 0.1) is 13.8 Å². The van der Waals surface area contributed by atoms with Gasteiger partial charge in [-0.3, -0.25) is 9.59 Å². The van der Waals surface area contributed by atoms with Gasteiger partial charge in [-0.15, -0.1) is 0 Å². The van der Waals surface area contributed by atoms with Crippen molar-refractivity contribution in [1.29, 1.82) is 0 Å². The second-order valence-electron chi connectivity index (χ2n) is 5.77. The van der Waals surface area contributed by atoms with E-state index in [-0.39, 0.29) is 18.0 Å². The van der Waals surface area contributed by atoms with E-state index in [1.54, 1.807) is 7.05 Å². The largest absolute Gasteiger partial charge is 0.503 e. The minimum Gasteiger partial charge on any atom is -0.503 e. The van der Waals surface area contributed by atoms with E-state index in [2.05, 4.69) is 37.4 Å². The Balaban J connectivity index is 1.80. The molecule has 0 bridgehead atoms. The van der Waals surface area contributed by atoms with E-state index in [1.807, 2.05) is 0 Å². The van der Waals surface area contributed by atoms with Crippen molar-refractivity contribution < 1.29 is 14.7 Å². The molecule has 0 unspecified atom stereocenters. The second kappa shape index (κ2) is 6.64. The van der Waals surface area contributed by atoms with Gasteiger partial charge < -0.3 is 15.3 Å². The molecule has 1 aromatic carbocycles. The maximum absolute atomic E-state index is 11.9. The molecule has 0 atom stereocenters. The van der Waals surface area contributed by atoms with Gasteiger partial charge in [-0.25, -0.2) is 0 Å². The van der Waals surface area contributed by atoms with Gasteiger partial charge in [0.1, 0.15) is 0 Å². The number of nitrogens with one attached hydrogen (secondary N) is 1. The van der Waals surface area contributed by atoms with Gasteiger partial charge in [-0.2, -0.15) is 0 Å². The number of aryl methyl sites for hydroxylation is 3. The minimum atomic E-state index is -0.500. The third-order valence-corrected chi connectivity index (χ3v) is 4.00. The number of likely N-dealkylation sites (N-methyl/N-ethyl adjacent to an activating group) is 1. The molecule has 0 fully saturated rings. The van der Waals surface area contributed by atoms with Gasteiger partial charge in [0.15, 0.2) is 5.76 Å². The number of carbonyl (C=O) groups is 2. The van der Waals surface area contributed by atoms with E-state index < -0.39 is 11.7 Å². The highest BCUT2D eigenvalue weighted by molar-refractivity contribution is 6.06. The van der Waals surface area contributed by atoms with Crippen LogP contribution in [0.1, 0.15) is 23.1 Å². The Morgan fingerprint density at radius 3 is 2.64 bits per heavy atom. The zero-order valence-electron chi connectivity index (χ0n) is 13.3. The number of amides is 2. The van der Waals surface area contributed by atoms with Crippen LogP contribution < -0.4 is 5.32 Å². The van der Waals surface area contributed by atoms with Crippen LogP contribution in [0.2, 0.25) is 0 Å². The maximum atomic E-state index is 11.9. The predicted molar refractivity (Wildman–Crippen MR) is 84.5 cm³/mol. The Morgan fingerprint density at radius 2 is 2.05 bits per heavy atom. The van der Waals surface area contributed by atoms with Crippen LogP contribution in [0.3, 0.4) is 0 Å². The number of hydrogen-bond acceptors (Lipinski definition) is 3. The van der Waals surface area contributed by atoms with Crippen molar-refractivity contribution in [3.8, 4) is 0 Å². The molecule has 118 valence electrons. The van der Waals surface area contributed by atoms with Gasteiger partial charge in [-0.1, -0.05) is 18.2 Å². The van der Waals surface area contributed by atoms with Crippen LogP contribution in [0.25, 0.3) is 0 Å². The molecule has 2 amide bonds. The maximum Gasteiger partial charge on any atom is 0.289 e. The summed E-state index contributed by atoms with van der Waals surface area (Å²) < 4.78 is 0. The molecule has 2 N–H and O–H groups in total. The van der Waals surface area contributed by atoms with Crippen molar-refractivity contribution in [2.24, 2.45) is 0 Å². The molecule has 22 heavy (non-hydrogen) atoms. The molecule has 1 aliphatic rings. The van der Waals surface area contributed by atoms with Crippen molar-refractivity contribution in [2.45, 2.75) is 26.7 Å². The summed E-state index contributed by atoms with van der Waals surface area (Å²) in [5.41, 5.74) is 3.94. The van der Waals surface area contributed by atoms with Crippen LogP contribution in [-0.2, 0) is 16.0 Å². The molecule has 0 radical (unpaired) electrons. The monoisotopic (exact) mass is 302 g/mol. The number of benzene rings is 1. The summed E-state index contributed by atoms with van der Waals surface area (Å²) in [7, 11) is 1.55. The first-order valence-corrected chi connectivity index (χ1v) is 7.42. The highest BCUT2D eigenvalue weighted by Crippen LogP contribution is 2.15. The highest BCUT2D eigenvalue weighted by Gasteiger charge is 2.31. The van der Waals surface area contributed by atoms with Gasteiger partial charge in [0.05, 0.1) is 12.1 Å². The van der Waals surface area contributed by atoms with Crippen LogP contribution in [0.15, 0.2) is 29.5 Å². The summed E-state index contributed by atoms with van der Waals surface area (Å²) in [4.78, 5) is 24.7. The summed E-state index contributed by atoms with van der Waals surface area (Å²) in [5, 5.41) is 12.4. The van der Waals surface area contributed by atoms with Crippen LogP contribution >= 0.6 is 0 Å². The molecular formula is C17H22N2O3. The number of aliphatic hydroxyl groups excluding tert-OH is 1. The number of hydrogen-bond donors (Lipinski definition) is 2. The lowest BCUT2D eigenvalue weighted by atomic mass is 10.0. The Hall–Kier alpha value is -2.30. The fraction of sp³-hybridized carbons (Fsp3) is 0.412. The third-order valence-electron chi connectivity index (χ3n) is 4.00. The fourth-order valence-electron chi connectivity index (χ4n) is 2.43. The first-order valence-electron chi connectivity index (χ1n) is 7.42. The molecule has 2 rings (SSSR count). The molecule has 0 aliphatic carbocycles. The van der Waals surface area contributed by atoms with Crippen molar-refractivity contribution in [3.63, 3.8) is 0 Å². The standard InChI is InChI=1S/C17H22N2O3/c1-11-6-7-13(9-12(11)2)5-4-8-18-16(21)14-10-19(3)17(22)15(14)20/h6-7,9,20H,4-5,8,10H2,1-3H3,(H,18,21). The molecule has 0 saturated heterocycles. The summed E-state index contributed by atoms with van der Waals surface area (Å²) in [6, 6.07) is 6.37. The molecule has 1 heterocycles. The molecule has 0 saturated carbocycles. The van der Waals surface area contributed by atoms with Crippen LogP contribution in [0.5, 0.6) is 0 Å². The zero-order chi connectivity index (χ0) is 16.3. The van der Waals surface area contributed by atoms with Crippen molar-refractivity contribution in [3.05, 3.63) is 46.2 Å². The first-order chi connectivity index (χ1) is 10.4. The summed E-state index contributed by atoms with van der Waals surface area (Å²) in [6.07, 6.45) is 1.69. The summed E-state index contributed by atoms with van der Waals surface area (Å²) in [5.74, 6) is -1.30. The second-order valence-corrected chi connectivity index (χ2v) is 5.77. The molecule has 0 aromatic heterocycles. The lowest BCUT2D eigenvalue weighted by molar-refractivity contribution is -0.126. The molecule has 5 nitrogen and oxygen atoms in total. The quantitative estimate of drug-likeness (QED) is 0.812. The van der Waals surface area contributed by atoms with Gasteiger partial charge >= 0.3 is 0 Å². The van der Waals surface area contributed by atoms with E-state index in [9.17, 15) is 14.7 Å². The Labute approximate surface area is 130 Å². The van der Waals surface area contributed by atoms with Gasteiger partial charge in [-0.05, 0) is 43.4 Å². The number of aliphatic hydroxyl groups is 1. The summed E-state index contributed by atoms with van der Waals surface area (Å²) >= 11 is 0. The SMILES string of the molecule is Cc1ccc(CCCNC(=O)C2=C(O)C(=O)N(C)C2)cc1C. The fourth-order valence-corrected chi connectivity index (χ4v) is 2.43. The highest BCUT2D eigenvalue weighted by atomic mass is 16.3. The van der Waals surface area contributed by atoms with Gasteiger partial charge in [0.25, 0.3) is 11.8 Å². The lowest BCUT2D eigenvalue weighted by Crippen LogP contribution is -2.29. The topological polar surface area (TPSA) is 69.6 Å².